The topological polar surface area (TPSA) is 24.1 Å². The number of nitrogens with one attached hydrogen (secondary N) is 2. The zero-order valence-corrected chi connectivity index (χ0v) is 26.4. The van der Waals surface area contributed by atoms with Crippen molar-refractivity contribution in [3.63, 3.8) is 0 Å². The van der Waals surface area contributed by atoms with Crippen LogP contribution in [0.3, 0.4) is 0 Å². The SMILES string of the molecule is CC(C)c1cccc(C(C)C)c1N/C(=C/C(Nc1c(C(C)C)cccc1C(C)C)C(C)(C)C)C(C)(C)C. The highest BCUT2D eigenvalue weighted by Gasteiger charge is 2.29. The normalized spacial score (nSPS) is 14.2. The first-order valence-corrected chi connectivity index (χ1v) is 14.5. The molecule has 2 heteroatoms. The van der Waals surface area contributed by atoms with Crippen LogP contribution in [0, 0.1) is 10.8 Å². The van der Waals surface area contributed by atoms with E-state index in [9.17, 15) is 0 Å². The van der Waals surface area contributed by atoms with Crippen LogP contribution in [0.4, 0.5) is 11.4 Å². The molecule has 2 aromatic rings. The lowest BCUT2D eigenvalue weighted by Gasteiger charge is -2.36. The molecule has 0 spiro atoms. The highest BCUT2D eigenvalue weighted by molar-refractivity contribution is 5.64. The van der Waals surface area contributed by atoms with Crippen LogP contribution in [0.5, 0.6) is 0 Å². The Bertz CT molecular complexity index is 1000. The van der Waals surface area contributed by atoms with E-state index in [2.05, 4.69) is 150 Å². The van der Waals surface area contributed by atoms with Crippen molar-refractivity contribution in [2.75, 3.05) is 10.6 Å². The van der Waals surface area contributed by atoms with Gasteiger partial charge in [-0.2, -0.15) is 0 Å². The molecule has 0 fully saturated rings. The van der Waals surface area contributed by atoms with E-state index in [0.717, 1.165) is 0 Å². The first kappa shape index (κ1) is 31.0. The van der Waals surface area contributed by atoms with Crippen molar-refractivity contribution >= 4 is 11.4 Å². The zero-order chi connectivity index (χ0) is 28.3. The maximum Gasteiger partial charge on any atom is 0.0512 e. The van der Waals surface area contributed by atoms with Gasteiger partial charge in [-0.1, -0.05) is 133 Å². The van der Waals surface area contributed by atoms with Gasteiger partial charge in [0.1, 0.15) is 0 Å². The molecule has 1 atom stereocenters. The summed E-state index contributed by atoms with van der Waals surface area (Å²) in [7, 11) is 0. The number of para-hydroxylation sites is 2. The zero-order valence-electron chi connectivity index (χ0n) is 26.4. The molecule has 0 saturated heterocycles. The van der Waals surface area contributed by atoms with E-state index in [1.54, 1.807) is 0 Å². The van der Waals surface area contributed by atoms with Gasteiger partial charge in [0, 0.05) is 22.5 Å². The molecular formula is C35H56N2. The molecule has 2 aromatic carbocycles. The molecule has 2 rings (SSSR count). The summed E-state index contributed by atoms with van der Waals surface area (Å²) in [5.41, 5.74) is 9.40. The van der Waals surface area contributed by atoms with Gasteiger partial charge in [-0.25, -0.2) is 0 Å². The van der Waals surface area contributed by atoms with Crippen molar-refractivity contribution in [2.45, 2.75) is 127 Å². The van der Waals surface area contributed by atoms with Crippen molar-refractivity contribution < 1.29 is 0 Å². The molecule has 0 heterocycles. The van der Waals surface area contributed by atoms with Crippen LogP contribution in [0.25, 0.3) is 0 Å². The van der Waals surface area contributed by atoms with Crippen LogP contribution in [-0.4, -0.2) is 6.04 Å². The van der Waals surface area contributed by atoms with Gasteiger partial charge in [0.2, 0.25) is 0 Å². The maximum absolute atomic E-state index is 4.07. The fourth-order valence-electron chi connectivity index (χ4n) is 4.86. The van der Waals surface area contributed by atoms with Crippen LogP contribution in [0.2, 0.25) is 0 Å². The third kappa shape index (κ3) is 7.88. The predicted molar refractivity (Wildman–Crippen MR) is 167 cm³/mol. The third-order valence-electron chi connectivity index (χ3n) is 7.38. The number of anilines is 2. The lowest BCUT2D eigenvalue weighted by atomic mass is 9.81. The molecule has 37 heavy (non-hydrogen) atoms. The summed E-state index contributed by atoms with van der Waals surface area (Å²) in [6, 6.07) is 13.7. The number of allylic oxidation sites excluding steroid dienone is 1. The van der Waals surface area contributed by atoms with E-state index < -0.39 is 0 Å². The minimum absolute atomic E-state index is 0.0228. The number of rotatable bonds is 9. The average molecular weight is 505 g/mol. The van der Waals surface area contributed by atoms with E-state index in [1.807, 2.05) is 0 Å². The Morgan fingerprint density at radius 3 is 1.24 bits per heavy atom. The number of hydrogen-bond donors (Lipinski definition) is 2. The molecule has 0 radical (unpaired) electrons. The Morgan fingerprint density at radius 2 is 0.946 bits per heavy atom. The van der Waals surface area contributed by atoms with Gasteiger partial charge in [0.25, 0.3) is 0 Å². The Kier molecular flexibility index (Phi) is 10.1. The molecule has 0 bridgehead atoms. The molecular weight excluding hydrogens is 448 g/mol. The highest BCUT2D eigenvalue weighted by atomic mass is 15.0. The number of benzene rings is 2. The second kappa shape index (κ2) is 12.1. The Balaban J connectivity index is 2.72. The molecule has 0 aliphatic rings. The van der Waals surface area contributed by atoms with Crippen molar-refractivity contribution in [3.8, 4) is 0 Å². The van der Waals surface area contributed by atoms with Crippen molar-refractivity contribution in [2.24, 2.45) is 10.8 Å². The molecule has 2 N–H and O–H groups in total. The minimum Gasteiger partial charge on any atom is -0.378 e. The van der Waals surface area contributed by atoms with E-state index in [1.165, 1.54) is 39.3 Å². The standard InChI is InChI=1S/C35H56N2/c1-22(2)26-17-15-18-27(23(3)4)32(26)36-30(34(9,10)11)21-31(35(12,13)14)37-33-28(24(5)6)19-16-20-29(33)25(7)8/h15-25,30,36-37H,1-14H3/b31-21+. The second-order valence-electron chi connectivity index (χ2n) is 14.2. The quantitative estimate of drug-likeness (QED) is 0.355. The lowest BCUT2D eigenvalue weighted by molar-refractivity contribution is 0.378. The van der Waals surface area contributed by atoms with Gasteiger partial charge in [-0.3, -0.25) is 0 Å². The first-order chi connectivity index (χ1) is 16.9. The smallest absolute Gasteiger partial charge is 0.0512 e. The molecule has 0 aliphatic heterocycles. The first-order valence-electron chi connectivity index (χ1n) is 14.5. The fourth-order valence-corrected chi connectivity index (χ4v) is 4.86. The highest BCUT2D eigenvalue weighted by Crippen LogP contribution is 2.39. The van der Waals surface area contributed by atoms with Gasteiger partial charge >= 0.3 is 0 Å². The van der Waals surface area contributed by atoms with Crippen LogP contribution in [0.1, 0.15) is 143 Å². The molecule has 206 valence electrons. The van der Waals surface area contributed by atoms with Gasteiger partial charge in [0.15, 0.2) is 0 Å². The van der Waals surface area contributed by atoms with Gasteiger partial charge < -0.3 is 10.6 Å². The van der Waals surface area contributed by atoms with Gasteiger partial charge in [-0.15, -0.1) is 0 Å². The molecule has 0 saturated carbocycles. The van der Waals surface area contributed by atoms with E-state index in [0.29, 0.717) is 23.7 Å². The minimum atomic E-state index is -0.0397. The maximum atomic E-state index is 4.07. The average Bonchev–Trinajstić information content (AvgIpc) is 2.75. The Hall–Kier alpha value is -2.22. The fraction of sp³-hybridized carbons (Fsp3) is 0.600. The largest absolute Gasteiger partial charge is 0.378 e. The summed E-state index contributed by atoms with van der Waals surface area (Å²) in [4.78, 5) is 0. The predicted octanol–water partition coefficient (Wildman–Crippen LogP) is 11.0. The van der Waals surface area contributed by atoms with Crippen molar-refractivity contribution in [1.29, 1.82) is 0 Å². The molecule has 2 nitrogen and oxygen atoms in total. The second-order valence-corrected chi connectivity index (χ2v) is 14.2. The van der Waals surface area contributed by atoms with Gasteiger partial charge in [-0.05, 0) is 57.4 Å². The molecule has 0 aromatic heterocycles. The Morgan fingerprint density at radius 1 is 0.595 bits per heavy atom. The summed E-state index contributed by atoms with van der Waals surface area (Å²) >= 11 is 0. The van der Waals surface area contributed by atoms with Crippen LogP contribution < -0.4 is 10.6 Å². The van der Waals surface area contributed by atoms with E-state index in [4.69, 9.17) is 0 Å². The van der Waals surface area contributed by atoms with Crippen molar-refractivity contribution in [1.82, 2.24) is 0 Å². The van der Waals surface area contributed by atoms with Gasteiger partial charge in [0.05, 0.1) is 6.04 Å². The summed E-state index contributed by atoms with van der Waals surface area (Å²) in [6.07, 6.45) is 2.47. The summed E-state index contributed by atoms with van der Waals surface area (Å²) < 4.78 is 0. The van der Waals surface area contributed by atoms with Crippen LogP contribution in [-0.2, 0) is 0 Å². The molecule has 1 unspecified atom stereocenters. The van der Waals surface area contributed by atoms with Crippen LogP contribution in [0.15, 0.2) is 48.2 Å². The molecule has 0 amide bonds. The van der Waals surface area contributed by atoms with E-state index in [-0.39, 0.29) is 16.9 Å². The van der Waals surface area contributed by atoms with Crippen molar-refractivity contribution in [3.05, 3.63) is 70.4 Å². The third-order valence-corrected chi connectivity index (χ3v) is 7.38. The van der Waals surface area contributed by atoms with Crippen LogP contribution >= 0.6 is 0 Å². The summed E-state index contributed by atoms with van der Waals surface area (Å²) in [6.45, 7) is 32.3. The monoisotopic (exact) mass is 504 g/mol. The summed E-state index contributed by atoms with van der Waals surface area (Å²) in [5, 5.41) is 8.07. The number of hydrogen-bond acceptors (Lipinski definition) is 2. The Labute approximate surface area is 229 Å². The summed E-state index contributed by atoms with van der Waals surface area (Å²) in [5.74, 6) is 1.81. The molecule has 0 aliphatic carbocycles. The van der Waals surface area contributed by atoms with E-state index >= 15 is 0 Å². The lowest BCUT2D eigenvalue weighted by Crippen LogP contribution is -2.35.